The van der Waals surface area contributed by atoms with E-state index in [4.69, 9.17) is 14.2 Å². The van der Waals surface area contributed by atoms with Gasteiger partial charge in [0.15, 0.2) is 17.0 Å². The predicted molar refractivity (Wildman–Crippen MR) is 140 cm³/mol. The minimum absolute atomic E-state index is 0.159. The van der Waals surface area contributed by atoms with Crippen molar-refractivity contribution in [2.75, 3.05) is 6.61 Å². The zero-order valence-electron chi connectivity index (χ0n) is 24.4. The Labute approximate surface area is 234 Å². The van der Waals surface area contributed by atoms with E-state index in [1.807, 2.05) is 20.8 Å². The minimum atomic E-state index is -2.49. The van der Waals surface area contributed by atoms with Gasteiger partial charge < -0.3 is 34.6 Å². The van der Waals surface area contributed by atoms with Crippen LogP contribution in [0.5, 0.6) is 0 Å². The summed E-state index contributed by atoms with van der Waals surface area (Å²) in [5.41, 5.74) is -7.88. The van der Waals surface area contributed by atoms with Crippen molar-refractivity contribution in [3.63, 3.8) is 0 Å². The van der Waals surface area contributed by atoms with Crippen LogP contribution in [0, 0.1) is 35.0 Å². The second-order valence-electron chi connectivity index (χ2n) is 13.3. The number of rotatable bonds is 6. The molecule has 12 atom stereocenters. The van der Waals surface area contributed by atoms with Crippen molar-refractivity contribution in [1.82, 2.24) is 0 Å². The van der Waals surface area contributed by atoms with E-state index < -0.39 is 100 Å². The molecule has 5 aliphatic rings. The van der Waals surface area contributed by atoms with Crippen LogP contribution in [0.3, 0.4) is 0 Å². The lowest BCUT2D eigenvalue weighted by Gasteiger charge is -2.53. The number of aliphatic hydroxyl groups excluding tert-OH is 2. The first-order valence-electron chi connectivity index (χ1n) is 14.2. The molecule has 5 rings (SSSR count). The smallest absolute Gasteiger partial charge is 0.333 e. The van der Waals surface area contributed by atoms with Crippen LogP contribution in [-0.4, -0.2) is 85.5 Å². The molecule has 40 heavy (non-hydrogen) atoms. The SMILES string of the molecule is C/C=C(\C)C(=O)OC1C(C)C2(O)C(C3OC3(CO)C(O)C3(O)C(=O)C(C)=CC32)C2C(C)(C)C12OC(=O)C(C)CC. The molecule has 0 aromatic rings. The van der Waals surface area contributed by atoms with Crippen molar-refractivity contribution in [1.29, 1.82) is 0 Å². The van der Waals surface area contributed by atoms with Gasteiger partial charge in [0.1, 0.15) is 17.8 Å². The third kappa shape index (κ3) is 3.14. The van der Waals surface area contributed by atoms with E-state index in [-0.39, 0.29) is 5.57 Å². The maximum absolute atomic E-state index is 13.4. The van der Waals surface area contributed by atoms with Gasteiger partial charge in [-0.2, -0.15) is 0 Å². The van der Waals surface area contributed by atoms with E-state index in [0.717, 1.165) is 0 Å². The molecule has 1 saturated heterocycles. The molecule has 0 spiro atoms. The molecule has 0 bridgehead atoms. The van der Waals surface area contributed by atoms with Crippen LogP contribution in [0.4, 0.5) is 0 Å². The lowest BCUT2D eigenvalue weighted by molar-refractivity contribution is -0.245. The molecule has 0 radical (unpaired) electrons. The first kappa shape index (κ1) is 29.4. The molecule has 1 heterocycles. The average molecular weight is 563 g/mol. The van der Waals surface area contributed by atoms with Crippen LogP contribution in [0.1, 0.15) is 61.8 Å². The zero-order valence-corrected chi connectivity index (χ0v) is 24.4. The van der Waals surface area contributed by atoms with Crippen molar-refractivity contribution in [3.8, 4) is 0 Å². The Morgan fingerprint density at radius 1 is 1.25 bits per heavy atom. The van der Waals surface area contributed by atoms with E-state index in [9.17, 15) is 34.8 Å². The van der Waals surface area contributed by atoms with E-state index in [0.29, 0.717) is 12.0 Å². The lowest BCUT2D eigenvalue weighted by atomic mass is 9.58. The summed E-state index contributed by atoms with van der Waals surface area (Å²) in [6, 6.07) is 0. The highest BCUT2D eigenvalue weighted by atomic mass is 16.6. The Morgan fingerprint density at radius 2 is 1.88 bits per heavy atom. The van der Waals surface area contributed by atoms with Gasteiger partial charge in [-0.05, 0) is 32.8 Å². The number of epoxide rings is 1. The zero-order chi connectivity index (χ0) is 30.0. The Balaban J connectivity index is 1.74. The quantitative estimate of drug-likeness (QED) is 0.210. The minimum Gasteiger partial charge on any atom is -0.454 e. The van der Waals surface area contributed by atoms with Crippen LogP contribution < -0.4 is 0 Å². The van der Waals surface area contributed by atoms with Gasteiger partial charge in [-0.15, -0.1) is 0 Å². The van der Waals surface area contributed by atoms with Gasteiger partial charge in [0, 0.05) is 34.7 Å². The molecular formula is C30H42O10. The molecule has 10 nitrogen and oxygen atoms in total. The van der Waals surface area contributed by atoms with Crippen LogP contribution >= 0.6 is 0 Å². The average Bonchev–Trinajstić information content (AvgIpc) is 3.75. The fourth-order valence-corrected chi connectivity index (χ4v) is 8.43. The monoisotopic (exact) mass is 562 g/mol. The van der Waals surface area contributed by atoms with Crippen molar-refractivity contribution < 1.29 is 49.0 Å². The number of hydrogen-bond donors (Lipinski definition) is 4. The summed E-state index contributed by atoms with van der Waals surface area (Å²) < 4.78 is 18.4. The second-order valence-corrected chi connectivity index (χ2v) is 13.3. The van der Waals surface area contributed by atoms with Crippen LogP contribution in [0.25, 0.3) is 0 Å². The maximum Gasteiger partial charge on any atom is 0.333 e. The van der Waals surface area contributed by atoms with Crippen molar-refractivity contribution in [3.05, 3.63) is 23.3 Å². The van der Waals surface area contributed by atoms with Gasteiger partial charge in [0.2, 0.25) is 0 Å². The van der Waals surface area contributed by atoms with Gasteiger partial charge >= 0.3 is 11.9 Å². The van der Waals surface area contributed by atoms with Gasteiger partial charge in [-0.25, -0.2) is 4.79 Å². The Morgan fingerprint density at radius 3 is 2.42 bits per heavy atom. The molecule has 1 aliphatic heterocycles. The number of ketones is 1. The van der Waals surface area contributed by atoms with Crippen LogP contribution in [-0.2, 0) is 28.6 Å². The molecular weight excluding hydrogens is 520 g/mol. The molecule has 4 N–H and O–H groups in total. The predicted octanol–water partition coefficient (Wildman–Crippen LogP) is 1.23. The van der Waals surface area contributed by atoms with Gasteiger partial charge in [-0.3, -0.25) is 9.59 Å². The number of Topliss-reactive ketones (excluding diaryl/α,β-unsaturated/α-hetero) is 1. The fourth-order valence-electron chi connectivity index (χ4n) is 8.43. The van der Waals surface area contributed by atoms with Gasteiger partial charge in [-0.1, -0.05) is 46.8 Å². The molecule has 222 valence electrons. The van der Waals surface area contributed by atoms with E-state index in [1.54, 1.807) is 33.8 Å². The highest BCUT2D eigenvalue weighted by Crippen LogP contribution is 2.80. The Hall–Kier alpha value is -2.11. The molecule has 0 aromatic heterocycles. The number of hydrogen-bond acceptors (Lipinski definition) is 10. The summed E-state index contributed by atoms with van der Waals surface area (Å²) in [5, 5.41) is 46.8. The van der Waals surface area contributed by atoms with Crippen molar-refractivity contribution >= 4 is 17.7 Å². The van der Waals surface area contributed by atoms with E-state index in [2.05, 4.69) is 0 Å². The summed E-state index contributed by atoms with van der Waals surface area (Å²) in [4.78, 5) is 39.9. The molecule has 0 amide bonds. The van der Waals surface area contributed by atoms with E-state index >= 15 is 0 Å². The number of esters is 2. The summed E-state index contributed by atoms with van der Waals surface area (Å²) in [5.74, 6) is -6.16. The molecule has 4 aliphatic carbocycles. The number of allylic oxidation sites excluding steroid dienone is 1. The van der Waals surface area contributed by atoms with Crippen LogP contribution in [0.2, 0.25) is 0 Å². The fraction of sp³-hybridized carbons (Fsp3) is 0.767. The Bertz CT molecular complexity index is 1220. The third-order valence-corrected chi connectivity index (χ3v) is 11.3. The molecule has 12 unspecified atom stereocenters. The number of ether oxygens (including phenoxy) is 3. The molecule has 4 fully saturated rings. The topological polar surface area (TPSA) is 163 Å². The van der Waals surface area contributed by atoms with E-state index in [1.165, 1.54) is 13.0 Å². The summed E-state index contributed by atoms with van der Waals surface area (Å²) in [6.45, 7) is 13.1. The number of carbonyl (C=O) groups excluding carboxylic acids is 3. The summed E-state index contributed by atoms with van der Waals surface area (Å²) in [6.07, 6.45) is -0.370. The molecule has 10 heteroatoms. The molecule has 3 saturated carbocycles. The lowest BCUT2D eigenvalue weighted by Crippen LogP contribution is -2.69. The first-order chi connectivity index (χ1) is 18.5. The number of fused-ring (bicyclic) bond motifs is 7. The maximum atomic E-state index is 13.4. The Kier molecular flexibility index (Phi) is 6.39. The van der Waals surface area contributed by atoms with Crippen molar-refractivity contribution in [2.45, 2.75) is 103 Å². The van der Waals surface area contributed by atoms with Crippen molar-refractivity contribution in [2.24, 2.45) is 35.0 Å². The normalized spacial score (nSPS) is 48.9. The summed E-state index contributed by atoms with van der Waals surface area (Å²) in [7, 11) is 0. The highest BCUT2D eigenvalue weighted by Gasteiger charge is 2.93. The number of aliphatic hydroxyl groups is 4. The first-order valence-corrected chi connectivity index (χ1v) is 14.2. The van der Waals surface area contributed by atoms with Gasteiger partial charge in [0.05, 0.1) is 24.2 Å². The highest BCUT2D eigenvalue weighted by molar-refractivity contribution is 6.05. The third-order valence-electron chi connectivity index (χ3n) is 11.3. The second kappa shape index (κ2) is 8.70. The summed E-state index contributed by atoms with van der Waals surface area (Å²) >= 11 is 0. The standard InChI is InChI=1S/C30H42O10/c1-9-13(3)23(33)38-21-16(6)28(36)17-11-15(5)20(32)29(17,37)25(35)27(12-31)22(39-27)18(28)19-26(7,8)30(19,21)40-24(34)14(4)10-2/h9,11,14,16-19,21-22,25,31,35-37H,10,12H2,1-8H3/b13-9+. The van der Waals surface area contributed by atoms with Crippen LogP contribution in [0.15, 0.2) is 23.3 Å². The van der Waals surface area contributed by atoms with Gasteiger partial charge in [0.25, 0.3) is 0 Å². The number of carbonyl (C=O) groups is 3. The largest absolute Gasteiger partial charge is 0.454 e. The molecule has 0 aromatic carbocycles.